The van der Waals surface area contributed by atoms with Crippen molar-refractivity contribution in [2.45, 2.75) is 30.6 Å². The molecule has 0 atom stereocenters. The van der Waals surface area contributed by atoms with Gasteiger partial charge in [-0.3, -0.25) is 0 Å². The van der Waals surface area contributed by atoms with Gasteiger partial charge in [0.15, 0.2) is 5.82 Å². The molecule has 1 fully saturated rings. The lowest BCUT2D eigenvalue weighted by molar-refractivity contribution is -0.0646. The van der Waals surface area contributed by atoms with Gasteiger partial charge in [0.25, 0.3) is 5.89 Å². The zero-order chi connectivity index (χ0) is 9.31. The van der Waals surface area contributed by atoms with Crippen molar-refractivity contribution in [3.63, 3.8) is 0 Å². The molecule has 13 heavy (non-hydrogen) atoms. The Bertz CT molecular complexity index is 296. The fourth-order valence-corrected chi connectivity index (χ4v) is 1.73. The van der Waals surface area contributed by atoms with E-state index in [-0.39, 0.29) is 0 Å². The second-order valence-electron chi connectivity index (χ2n) is 3.33. The molecule has 1 aliphatic carbocycles. The van der Waals surface area contributed by atoms with Crippen LogP contribution in [0.5, 0.6) is 0 Å². The van der Waals surface area contributed by atoms with Gasteiger partial charge in [0.2, 0.25) is 0 Å². The summed E-state index contributed by atoms with van der Waals surface area (Å²) in [7, 11) is 0. The Labute approximate surface area is 80.7 Å². The molecule has 0 aromatic carbocycles. The number of aromatic nitrogens is 2. The second-order valence-corrected chi connectivity index (χ2v) is 4.20. The van der Waals surface area contributed by atoms with Crippen molar-refractivity contribution in [3.8, 4) is 0 Å². The molecule has 0 spiro atoms. The molecular weight excluding hydrogens is 188 g/mol. The molecule has 0 amide bonds. The van der Waals surface area contributed by atoms with Crippen LogP contribution in [-0.4, -0.2) is 21.5 Å². The molecular formula is C8H12N2O2S. The Morgan fingerprint density at radius 2 is 2.38 bits per heavy atom. The second kappa shape index (κ2) is 3.31. The van der Waals surface area contributed by atoms with Crippen molar-refractivity contribution in [1.29, 1.82) is 0 Å². The maximum Gasteiger partial charge on any atom is 0.258 e. The van der Waals surface area contributed by atoms with Gasteiger partial charge in [0.1, 0.15) is 5.60 Å². The third-order valence-electron chi connectivity index (χ3n) is 2.32. The fraction of sp³-hybridized carbons (Fsp3) is 0.750. The molecule has 0 saturated heterocycles. The van der Waals surface area contributed by atoms with Crippen LogP contribution in [0, 0.1) is 0 Å². The molecule has 0 bridgehead atoms. The first kappa shape index (κ1) is 9.02. The van der Waals surface area contributed by atoms with E-state index in [1.54, 1.807) is 11.8 Å². The van der Waals surface area contributed by atoms with Crippen LogP contribution in [0.3, 0.4) is 0 Å². The highest BCUT2D eigenvalue weighted by atomic mass is 32.2. The first-order chi connectivity index (χ1) is 6.24. The molecule has 0 radical (unpaired) electrons. The summed E-state index contributed by atoms with van der Waals surface area (Å²) in [5.41, 5.74) is -0.816. The van der Waals surface area contributed by atoms with Crippen molar-refractivity contribution >= 4 is 11.8 Å². The minimum atomic E-state index is -0.816. The number of aliphatic hydroxyl groups is 1. The first-order valence-electron chi connectivity index (χ1n) is 4.29. The van der Waals surface area contributed by atoms with E-state index in [2.05, 4.69) is 10.1 Å². The van der Waals surface area contributed by atoms with Gasteiger partial charge in [0, 0.05) is 0 Å². The predicted octanol–water partition coefficient (Wildman–Crippen LogP) is 1.30. The minimum Gasteiger partial charge on any atom is -0.380 e. The summed E-state index contributed by atoms with van der Waals surface area (Å²) in [5, 5.41) is 13.6. The number of thioether (sulfide) groups is 1. The Morgan fingerprint density at radius 3 is 2.92 bits per heavy atom. The van der Waals surface area contributed by atoms with E-state index in [0.29, 0.717) is 11.7 Å². The predicted molar refractivity (Wildman–Crippen MR) is 49.3 cm³/mol. The quantitative estimate of drug-likeness (QED) is 0.797. The third kappa shape index (κ3) is 1.58. The topological polar surface area (TPSA) is 59.2 Å². The third-order valence-corrected chi connectivity index (χ3v) is 2.87. The summed E-state index contributed by atoms with van der Waals surface area (Å²) in [6.07, 6.45) is 4.51. The van der Waals surface area contributed by atoms with Gasteiger partial charge in [-0.15, -0.1) is 0 Å². The molecule has 1 aromatic rings. The summed E-state index contributed by atoms with van der Waals surface area (Å²) in [5.74, 6) is 1.80. The van der Waals surface area contributed by atoms with Gasteiger partial charge in [0.05, 0.1) is 5.75 Å². The molecule has 1 aliphatic rings. The largest absolute Gasteiger partial charge is 0.380 e. The van der Waals surface area contributed by atoms with Crippen LogP contribution in [0.4, 0.5) is 0 Å². The molecule has 1 N–H and O–H groups in total. The van der Waals surface area contributed by atoms with Crippen LogP contribution in [0.25, 0.3) is 0 Å². The van der Waals surface area contributed by atoms with Crippen molar-refractivity contribution < 1.29 is 9.63 Å². The summed E-state index contributed by atoms with van der Waals surface area (Å²) in [6, 6.07) is 0. The van der Waals surface area contributed by atoms with Crippen molar-refractivity contribution in [2.24, 2.45) is 0 Å². The van der Waals surface area contributed by atoms with Crippen molar-refractivity contribution in [2.75, 3.05) is 6.26 Å². The lowest BCUT2D eigenvalue weighted by Gasteiger charge is -2.32. The molecule has 1 heterocycles. The number of nitrogens with zero attached hydrogens (tertiary/aromatic N) is 2. The lowest BCUT2D eigenvalue weighted by atomic mass is 9.80. The highest BCUT2D eigenvalue weighted by Crippen LogP contribution is 2.39. The average molecular weight is 200 g/mol. The van der Waals surface area contributed by atoms with E-state index >= 15 is 0 Å². The summed E-state index contributed by atoms with van der Waals surface area (Å²) >= 11 is 1.64. The van der Waals surface area contributed by atoms with E-state index in [9.17, 15) is 5.11 Å². The minimum absolute atomic E-state index is 0.391. The number of hydrogen-bond donors (Lipinski definition) is 1. The summed E-state index contributed by atoms with van der Waals surface area (Å²) in [6.45, 7) is 0. The van der Waals surface area contributed by atoms with Gasteiger partial charge in [-0.2, -0.15) is 16.7 Å². The van der Waals surface area contributed by atoms with Gasteiger partial charge >= 0.3 is 0 Å². The normalized spacial score (nSPS) is 19.8. The highest BCUT2D eigenvalue weighted by molar-refractivity contribution is 7.97. The van der Waals surface area contributed by atoms with E-state index in [0.717, 1.165) is 25.0 Å². The van der Waals surface area contributed by atoms with E-state index in [4.69, 9.17) is 4.52 Å². The Kier molecular flexibility index (Phi) is 2.29. The zero-order valence-electron chi connectivity index (χ0n) is 7.49. The Balaban J connectivity index is 2.12. The van der Waals surface area contributed by atoms with Gasteiger partial charge < -0.3 is 9.63 Å². The summed E-state index contributed by atoms with van der Waals surface area (Å²) in [4.78, 5) is 4.15. The van der Waals surface area contributed by atoms with Crippen molar-refractivity contribution in [1.82, 2.24) is 10.1 Å². The van der Waals surface area contributed by atoms with E-state index in [1.165, 1.54) is 0 Å². The molecule has 4 nitrogen and oxygen atoms in total. The standard InChI is InChI=1S/C8H12N2O2S/c1-13-5-6-9-7(12-10-6)8(11)3-2-4-8/h11H,2-5H2,1H3. The van der Waals surface area contributed by atoms with Crippen LogP contribution in [0.1, 0.15) is 31.0 Å². The van der Waals surface area contributed by atoms with E-state index < -0.39 is 5.60 Å². The lowest BCUT2D eigenvalue weighted by Crippen LogP contribution is -2.33. The van der Waals surface area contributed by atoms with Gasteiger partial charge in [-0.1, -0.05) is 5.16 Å². The van der Waals surface area contributed by atoms with Crippen molar-refractivity contribution in [3.05, 3.63) is 11.7 Å². The van der Waals surface area contributed by atoms with Gasteiger partial charge in [-0.05, 0) is 25.5 Å². The molecule has 2 rings (SSSR count). The molecule has 5 heteroatoms. The molecule has 1 aromatic heterocycles. The van der Waals surface area contributed by atoms with Crippen LogP contribution in [-0.2, 0) is 11.4 Å². The van der Waals surface area contributed by atoms with Crippen LogP contribution in [0.15, 0.2) is 4.52 Å². The SMILES string of the molecule is CSCc1noc(C2(O)CCC2)n1. The Morgan fingerprint density at radius 1 is 1.62 bits per heavy atom. The zero-order valence-corrected chi connectivity index (χ0v) is 8.30. The summed E-state index contributed by atoms with van der Waals surface area (Å²) < 4.78 is 5.00. The van der Waals surface area contributed by atoms with Crippen LogP contribution in [0.2, 0.25) is 0 Å². The van der Waals surface area contributed by atoms with E-state index in [1.807, 2.05) is 6.26 Å². The molecule has 0 unspecified atom stereocenters. The Hall–Kier alpha value is -0.550. The maximum absolute atomic E-state index is 9.86. The van der Waals surface area contributed by atoms with Crippen LogP contribution >= 0.6 is 11.8 Å². The highest BCUT2D eigenvalue weighted by Gasteiger charge is 2.41. The van der Waals surface area contributed by atoms with Gasteiger partial charge in [-0.25, -0.2) is 0 Å². The number of rotatable bonds is 3. The molecule has 0 aliphatic heterocycles. The number of hydrogen-bond acceptors (Lipinski definition) is 5. The maximum atomic E-state index is 9.86. The smallest absolute Gasteiger partial charge is 0.258 e. The molecule has 72 valence electrons. The fourth-order valence-electron chi connectivity index (χ4n) is 1.36. The first-order valence-corrected chi connectivity index (χ1v) is 5.68. The van der Waals surface area contributed by atoms with Crippen LogP contribution < -0.4 is 0 Å². The molecule has 1 saturated carbocycles. The average Bonchev–Trinajstić information content (AvgIpc) is 2.50. The monoisotopic (exact) mass is 200 g/mol.